The van der Waals surface area contributed by atoms with E-state index in [-0.39, 0.29) is 24.3 Å². The first-order chi connectivity index (χ1) is 9.52. The summed E-state index contributed by atoms with van der Waals surface area (Å²) in [6, 6.07) is 4.86. The smallest absolute Gasteiger partial charge is 0.227 e. The number of halogens is 2. The van der Waals surface area contributed by atoms with E-state index in [0.717, 1.165) is 24.7 Å². The molecule has 5 heteroatoms. The molecule has 1 amide bonds. The van der Waals surface area contributed by atoms with E-state index in [1.165, 1.54) is 0 Å². The molecule has 1 saturated heterocycles. The summed E-state index contributed by atoms with van der Waals surface area (Å²) >= 11 is 11.8. The van der Waals surface area contributed by atoms with Crippen LogP contribution in [-0.4, -0.2) is 29.7 Å². The molecule has 1 fully saturated rings. The monoisotopic (exact) mass is 313 g/mol. The predicted molar refractivity (Wildman–Crippen MR) is 80.1 cm³/mol. The van der Waals surface area contributed by atoms with Crippen molar-refractivity contribution in [3.63, 3.8) is 0 Å². The molecule has 1 aliphatic rings. The Labute approximate surface area is 128 Å². The minimum absolute atomic E-state index is 0.0351. The summed E-state index contributed by atoms with van der Waals surface area (Å²) in [5, 5.41) is 0.913. The standard InChI is InChI=1S/C15H17Cl2NO2/c1-10-3-2-6-18(14(10)9-19)15(20)8-11-4-5-12(16)13(17)7-11/h4-5,7,9-10,14H,2-3,6,8H2,1H3/t10-,14-/m1/s1. The minimum Gasteiger partial charge on any atom is -0.332 e. The van der Waals surface area contributed by atoms with Crippen LogP contribution >= 0.6 is 23.2 Å². The van der Waals surface area contributed by atoms with Gasteiger partial charge in [-0.2, -0.15) is 0 Å². The summed E-state index contributed by atoms with van der Waals surface area (Å²) in [6.45, 7) is 2.66. The molecule has 0 spiro atoms. The summed E-state index contributed by atoms with van der Waals surface area (Å²) in [4.78, 5) is 25.3. The lowest BCUT2D eigenvalue weighted by atomic mass is 9.91. The van der Waals surface area contributed by atoms with E-state index in [0.29, 0.717) is 16.6 Å². The molecule has 0 aliphatic carbocycles. The number of rotatable bonds is 3. The third-order valence-corrected chi connectivity index (χ3v) is 4.54. The number of carbonyl (C=O) groups is 2. The van der Waals surface area contributed by atoms with Gasteiger partial charge in [-0.05, 0) is 36.5 Å². The fourth-order valence-electron chi connectivity index (χ4n) is 2.63. The average Bonchev–Trinajstić information content (AvgIpc) is 2.42. The maximum atomic E-state index is 12.4. The minimum atomic E-state index is -0.306. The van der Waals surface area contributed by atoms with Crippen molar-refractivity contribution in [2.75, 3.05) is 6.54 Å². The second kappa shape index (κ2) is 6.59. The summed E-state index contributed by atoms with van der Waals surface area (Å²) in [5.74, 6) is 0.186. The van der Waals surface area contributed by atoms with Crippen LogP contribution in [0.3, 0.4) is 0 Å². The molecule has 3 nitrogen and oxygen atoms in total. The van der Waals surface area contributed by atoms with Crippen LogP contribution < -0.4 is 0 Å². The Kier molecular flexibility index (Phi) is 5.06. The summed E-state index contributed by atoms with van der Waals surface area (Å²) in [5.41, 5.74) is 0.812. The van der Waals surface area contributed by atoms with E-state index in [9.17, 15) is 9.59 Å². The number of carbonyl (C=O) groups excluding carboxylic acids is 2. The maximum Gasteiger partial charge on any atom is 0.227 e. The zero-order valence-electron chi connectivity index (χ0n) is 11.3. The number of nitrogens with zero attached hydrogens (tertiary/aromatic N) is 1. The van der Waals surface area contributed by atoms with Crippen molar-refractivity contribution in [2.45, 2.75) is 32.2 Å². The highest BCUT2D eigenvalue weighted by Crippen LogP contribution is 2.25. The van der Waals surface area contributed by atoms with E-state index >= 15 is 0 Å². The van der Waals surface area contributed by atoms with E-state index in [1.807, 2.05) is 6.92 Å². The molecular formula is C15H17Cl2NO2. The van der Waals surface area contributed by atoms with Gasteiger partial charge in [-0.15, -0.1) is 0 Å². The van der Waals surface area contributed by atoms with Gasteiger partial charge < -0.3 is 9.69 Å². The van der Waals surface area contributed by atoms with Crippen LogP contribution in [-0.2, 0) is 16.0 Å². The van der Waals surface area contributed by atoms with Gasteiger partial charge in [-0.1, -0.05) is 36.2 Å². The fraction of sp³-hybridized carbons (Fsp3) is 0.467. The van der Waals surface area contributed by atoms with Gasteiger partial charge in [-0.3, -0.25) is 4.79 Å². The van der Waals surface area contributed by atoms with Crippen molar-refractivity contribution >= 4 is 35.4 Å². The molecule has 1 aromatic rings. The number of hydrogen-bond donors (Lipinski definition) is 0. The molecule has 2 rings (SSSR count). The van der Waals surface area contributed by atoms with Crippen LogP contribution in [0.5, 0.6) is 0 Å². The Morgan fingerprint density at radius 1 is 1.40 bits per heavy atom. The molecule has 1 aromatic carbocycles. The predicted octanol–water partition coefficient (Wildman–Crippen LogP) is 3.36. The van der Waals surface area contributed by atoms with Crippen molar-refractivity contribution in [3.8, 4) is 0 Å². The van der Waals surface area contributed by atoms with Crippen LogP contribution in [0.1, 0.15) is 25.3 Å². The summed E-state index contributed by atoms with van der Waals surface area (Å²) in [6.07, 6.45) is 3.06. The fourth-order valence-corrected chi connectivity index (χ4v) is 2.96. The third-order valence-electron chi connectivity index (χ3n) is 3.80. The SMILES string of the molecule is C[C@@H]1CCCN(C(=O)Cc2ccc(Cl)c(Cl)c2)[C@@H]1C=O. The van der Waals surface area contributed by atoms with Crippen LogP contribution in [0.15, 0.2) is 18.2 Å². The Morgan fingerprint density at radius 3 is 2.80 bits per heavy atom. The molecule has 0 N–H and O–H groups in total. The van der Waals surface area contributed by atoms with Gasteiger partial charge in [0.25, 0.3) is 0 Å². The maximum absolute atomic E-state index is 12.4. The van der Waals surface area contributed by atoms with Gasteiger partial charge in [0.05, 0.1) is 22.5 Å². The number of hydrogen-bond acceptors (Lipinski definition) is 2. The first-order valence-electron chi connectivity index (χ1n) is 6.71. The van der Waals surface area contributed by atoms with E-state index in [4.69, 9.17) is 23.2 Å². The molecular weight excluding hydrogens is 297 g/mol. The van der Waals surface area contributed by atoms with E-state index in [1.54, 1.807) is 23.1 Å². The lowest BCUT2D eigenvalue weighted by Gasteiger charge is -2.36. The van der Waals surface area contributed by atoms with Crippen molar-refractivity contribution in [1.82, 2.24) is 4.90 Å². The normalized spacial score (nSPS) is 22.6. The molecule has 1 heterocycles. The van der Waals surface area contributed by atoms with Crippen LogP contribution in [0.25, 0.3) is 0 Å². The molecule has 0 unspecified atom stereocenters. The highest BCUT2D eigenvalue weighted by Gasteiger charge is 2.31. The van der Waals surface area contributed by atoms with Crippen molar-refractivity contribution < 1.29 is 9.59 Å². The zero-order chi connectivity index (χ0) is 14.7. The lowest BCUT2D eigenvalue weighted by Crippen LogP contribution is -2.49. The number of aldehydes is 1. The number of amides is 1. The van der Waals surface area contributed by atoms with Gasteiger partial charge >= 0.3 is 0 Å². The highest BCUT2D eigenvalue weighted by atomic mass is 35.5. The number of benzene rings is 1. The number of likely N-dealkylation sites (tertiary alicyclic amines) is 1. The summed E-state index contributed by atoms with van der Waals surface area (Å²) in [7, 11) is 0. The third kappa shape index (κ3) is 3.33. The number of piperidine rings is 1. The Morgan fingerprint density at radius 2 is 2.15 bits per heavy atom. The van der Waals surface area contributed by atoms with E-state index in [2.05, 4.69) is 0 Å². The van der Waals surface area contributed by atoms with Gasteiger partial charge in [0.1, 0.15) is 6.29 Å². The van der Waals surface area contributed by atoms with Crippen LogP contribution in [0.2, 0.25) is 10.0 Å². The van der Waals surface area contributed by atoms with Gasteiger partial charge in [0.2, 0.25) is 5.91 Å². The van der Waals surface area contributed by atoms with Crippen molar-refractivity contribution in [3.05, 3.63) is 33.8 Å². The second-order valence-corrected chi connectivity index (χ2v) is 6.07. The average molecular weight is 314 g/mol. The quantitative estimate of drug-likeness (QED) is 0.802. The molecule has 108 valence electrons. The largest absolute Gasteiger partial charge is 0.332 e. The first kappa shape index (κ1) is 15.3. The topological polar surface area (TPSA) is 37.4 Å². The molecule has 0 aromatic heterocycles. The van der Waals surface area contributed by atoms with Gasteiger partial charge in [0.15, 0.2) is 0 Å². The van der Waals surface area contributed by atoms with E-state index < -0.39 is 0 Å². The van der Waals surface area contributed by atoms with Crippen LogP contribution in [0, 0.1) is 5.92 Å². The molecule has 0 bridgehead atoms. The second-order valence-electron chi connectivity index (χ2n) is 5.26. The van der Waals surface area contributed by atoms with Crippen molar-refractivity contribution in [1.29, 1.82) is 0 Å². The Balaban J connectivity index is 2.10. The lowest BCUT2D eigenvalue weighted by molar-refractivity contribution is -0.139. The van der Waals surface area contributed by atoms with Crippen molar-refractivity contribution in [2.24, 2.45) is 5.92 Å². The zero-order valence-corrected chi connectivity index (χ0v) is 12.8. The first-order valence-corrected chi connectivity index (χ1v) is 7.47. The molecule has 0 saturated carbocycles. The van der Waals surface area contributed by atoms with Gasteiger partial charge in [0, 0.05) is 6.54 Å². The Bertz CT molecular complexity index is 519. The molecule has 20 heavy (non-hydrogen) atoms. The Hall–Kier alpha value is -1.06. The molecule has 0 radical (unpaired) electrons. The molecule has 2 atom stereocenters. The van der Waals surface area contributed by atoms with Crippen LogP contribution in [0.4, 0.5) is 0 Å². The molecule has 1 aliphatic heterocycles. The summed E-state index contributed by atoms with van der Waals surface area (Å²) < 4.78 is 0. The highest BCUT2D eigenvalue weighted by molar-refractivity contribution is 6.42. The van der Waals surface area contributed by atoms with Gasteiger partial charge in [-0.25, -0.2) is 0 Å².